The van der Waals surface area contributed by atoms with Gasteiger partial charge in [0, 0.05) is 83.6 Å². The van der Waals surface area contributed by atoms with E-state index in [0.717, 1.165) is 12.8 Å². The summed E-state index contributed by atoms with van der Waals surface area (Å²) in [5.74, 6) is -2.32. The van der Waals surface area contributed by atoms with E-state index < -0.39 is 126 Å². The Morgan fingerprint density at radius 1 is 0.721 bits per heavy atom. The summed E-state index contributed by atoms with van der Waals surface area (Å²) in [6, 6.07) is 10.3. The fourth-order valence-electron chi connectivity index (χ4n) is 16.2. The first-order chi connectivity index (χ1) is 52.7. The van der Waals surface area contributed by atoms with Crippen molar-refractivity contribution in [2.24, 2.45) is 23.7 Å². The van der Waals surface area contributed by atoms with Gasteiger partial charge in [0.1, 0.15) is 60.8 Å². The lowest BCUT2D eigenvalue weighted by atomic mass is 9.76. The molecular weight excluding hydrogens is 1450 g/mol. The number of esters is 1. The van der Waals surface area contributed by atoms with E-state index in [1.165, 1.54) is 45.6 Å². The smallest absolute Gasteiger partial charge is 0.414 e. The summed E-state index contributed by atoms with van der Waals surface area (Å²) >= 11 is 0. The summed E-state index contributed by atoms with van der Waals surface area (Å²) in [6.45, 7) is 26.3. The number of methoxy groups -OCH3 is 1. The highest BCUT2D eigenvalue weighted by Crippen LogP contribution is 2.42. The fraction of sp³-hybridized carbons (Fsp3) is 0.763. The molecule has 35 heteroatoms. The molecule has 8 heterocycles. The number of likely N-dealkylation sites (N-methyl/N-ethyl adjacent to an activating group) is 2. The Hall–Kier alpha value is -7.02. The number of morpholine rings is 2. The summed E-state index contributed by atoms with van der Waals surface area (Å²) in [6.07, 6.45) is -7.20. The number of amides is 2. The van der Waals surface area contributed by atoms with Gasteiger partial charge in [-0.15, -0.1) is 20.4 Å². The number of halogens is 2. The molecular formula is C76H119F2N15O18. The average Bonchev–Trinajstić information content (AvgIpc) is 1.61. The normalized spacial score (nSPS) is 33.5. The maximum Gasteiger partial charge on any atom is 0.414 e. The predicted octanol–water partition coefficient (Wildman–Crippen LogP) is 4.68. The second-order valence-electron chi connectivity index (χ2n) is 31.6. The molecule has 6 N–H and O–H groups in total. The van der Waals surface area contributed by atoms with Crippen molar-refractivity contribution in [1.82, 2.24) is 50.2 Å². The Labute approximate surface area is 649 Å². The molecule has 1 aliphatic carbocycles. The van der Waals surface area contributed by atoms with Crippen molar-refractivity contribution in [3.63, 3.8) is 0 Å². The Kier molecular flexibility index (Phi) is 31.2. The lowest BCUT2D eigenvalue weighted by Crippen LogP contribution is -2.60. The molecule has 7 aliphatic rings. The number of benzene rings is 2. The fourth-order valence-corrected chi connectivity index (χ4v) is 16.2. The van der Waals surface area contributed by atoms with Crippen molar-refractivity contribution in [2.75, 3.05) is 126 Å². The molecule has 0 spiro atoms. The largest absolute Gasteiger partial charge is 0.459 e. The molecule has 1 saturated carbocycles. The van der Waals surface area contributed by atoms with Crippen LogP contribution < -0.4 is 19.6 Å². The molecule has 7 fully saturated rings. The van der Waals surface area contributed by atoms with Crippen LogP contribution in [-0.4, -0.2) is 302 Å². The van der Waals surface area contributed by atoms with Crippen LogP contribution in [0, 0.1) is 46.6 Å². The van der Waals surface area contributed by atoms with Crippen molar-refractivity contribution < 1.29 is 96.4 Å². The number of nitrogens with zero attached hydrogens (tertiary/aromatic N) is 15. The number of hydrogen-bond acceptors (Lipinski definition) is 29. The maximum atomic E-state index is 15.3. The number of carbonyl (C=O) groups is 3. The van der Waals surface area contributed by atoms with Gasteiger partial charge in [0.15, 0.2) is 17.9 Å². The van der Waals surface area contributed by atoms with E-state index in [1.807, 2.05) is 49.6 Å². The van der Waals surface area contributed by atoms with E-state index >= 15 is 4.39 Å². The minimum absolute atomic E-state index is 0.0174. The summed E-state index contributed by atoms with van der Waals surface area (Å²) in [5.41, 5.74) is -2.67. The van der Waals surface area contributed by atoms with Gasteiger partial charge in [-0.1, -0.05) is 34.6 Å². The summed E-state index contributed by atoms with van der Waals surface area (Å²) in [5, 5.41) is 101. The first-order valence-electron chi connectivity index (χ1n) is 39.1. The highest BCUT2D eigenvalue weighted by atomic mass is 19.1. The number of ether oxygens (including phenoxy) is 9. The van der Waals surface area contributed by atoms with Gasteiger partial charge in [-0.25, -0.2) is 18.4 Å². The number of nitriles is 1. The van der Waals surface area contributed by atoms with Crippen LogP contribution in [0.25, 0.3) is 0 Å². The molecule has 20 atom stereocenters. The Morgan fingerprint density at radius 2 is 1.26 bits per heavy atom. The van der Waals surface area contributed by atoms with E-state index in [0.29, 0.717) is 132 Å². The molecule has 620 valence electrons. The van der Waals surface area contributed by atoms with Crippen LogP contribution in [0.5, 0.6) is 0 Å². The van der Waals surface area contributed by atoms with Crippen LogP contribution in [-0.2, 0) is 73.4 Å². The summed E-state index contributed by atoms with van der Waals surface area (Å²) < 4.78 is 83.9. The van der Waals surface area contributed by atoms with Crippen molar-refractivity contribution >= 4 is 40.9 Å². The Balaban J connectivity index is 0.000000352. The van der Waals surface area contributed by atoms with Gasteiger partial charge < -0.3 is 92.9 Å². The topological polar surface area (TPSA) is 386 Å². The molecule has 6 aliphatic heterocycles. The van der Waals surface area contributed by atoms with Gasteiger partial charge in [-0.2, -0.15) is 14.9 Å². The van der Waals surface area contributed by atoms with Crippen LogP contribution in [0.2, 0.25) is 0 Å². The monoisotopic (exact) mass is 1570 g/mol. The van der Waals surface area contributed by atoms with E-state index in [4.69, 9.17) is 53.0 Å². The molecule has 2 amide bonds. The SMILES string of the molecule is CCCc1nnn(C[C@H]2CN(c3ccc(N4CCOCC4)c(F)c3)C(=O)O2)n1.CC[C@H]1OC(=O)[C@H](C)[C@@H](O[C@H]2C[C@@](C)(OC)[C@@H](O)[C@H](C)O2)[C@H](C)[C@@H](O[C@@H]2C[C@H](C)C[C@H](N(C)CCc3nnn(C[C@H]4CN(c5ccc(N6CCOCC6)c(F)c5)C(=O)O4)n3)[C@H]2O)[C@](C)(O)C[C@@H](C)CN(C)[C@H](C)[C@@H](O)[C@]1(C)O.N#CCCO. The molecule has 0 bridgehead atoms. The number of anilines is 4. The number of cyclic esters (lactones) is 3. The van der Waals surface area contributed by atoms with E-state index in [2.05, 4.69) is 42.6 Å². The van der Waals surface area contributed by atoms with Gasteiger partial charge in [0.2, 0.25) is 0 Å². The highest BCUT2D eigenvalue weighted by Gasteiger charge is 2.53. The Bertz CT molecular complexity index is 3680. The zero-order valence-corrected chi connectivity index (χ0v) is 66.8. The van der Waals surface area contributed by atoms with Gasteiger partial charge in [0.25, 0.3) is 0 Å². The van der Waals surface area contributed by atoms with E-state index in [9.17, 15) is 44.3 Å². The van der Waals surface area contributed by atoms with Gasteiger partial charge in [0.05, 0.1) is 129 Å². The molecule has 33 nitrogen and oxygen atoms in total. The first kappa shape index (κ1) is 87.9. The Morgan fingerprint density at radius 3 is 1.75 bits per heavy atom. The highest BCUT2D eigenvalue weighted by molar-refractivity contribution is 5.90. The standard InChI is InChI=1S/C55H91FN8O14.C18H23FN6O3.C3H5NO/c1-14-43-55(10,71)48(66)35(6)61(12)28-32(3)26-53(8,70)50(33(4)47(34(5)51(68)77-43)78-45-27-54(9,72-13)49(67)36(7)74-45)76-42-24-31(2)23-41(46(42)65)60(11)18-17-44-57-59-64(58-44)30-38-29-63(52(69)75-38)37-15-16-40(39(56)25-37)62-19-21-73-22-20-62;1-2-3-17-20-22-25(21-17)12-14-11-24(18(26)28-14)13-4-5-16(15(19)10-13)23-6-8-27-9-7-23;4-2-1-3-5/h15-16,25,31-36,38,41-43,45-50,65-67,70-71H,14,17-24,26-30H2,1-13H3;4-5,10,14H,2-3,6-9,11-12H2,1H3;5H,1,3H2/t31-,32-,33+,34-,35-,36+,38-,41+,42-,43-,45+,46-,47+,48-,49+,50-,53-,54-,55-;14-;/m11./s1. The molecule has 111 heavy (non-hydrogen) atoms. The number of aromatic nitrogens is 8. The second kappa shape index (κ2) is 39.3. The van der Waals surface area contributed by atoms with Gasteiger partial charge in [-0.05, 0) is 146 Å². The lowest BCUT2D eigenvalue weighted by Gasteiger charge is -2.49. The zero-order chi connectivity index (χ0) is 80.8. The molecule has 2 aromatic heterocycles. The van der Waals surface area contributed by atoms with E-state index in [-0.39, 0.29) is 69.1 Å². The molecule has 0 radical (unpaired) electrons. The number of carbonyl (C=O) groups excluding carboxylic acids is 3. The third kappa shape index (κ3) is 22.1. The van der Waals surface area contributed by atoms with Crippen LogP contribution in [0.15, 0.2) is 36.4 Å². The number of tetrazole rings is 2. The third-order valence-corrected chi connectivity index (χ3v) is 22.6. The minimum atomic E-state index is -1.84. The average molecular weight is 1570 g/mol. The van der Waals surface area contributed by atoms with Crippen molar-refractivity contribution in [3.8, 4) is 6.07 Å². The van der Waals surface area contributed by atoms with E-state index in [1.54, 1.807) is 71.9 Å². The lowest BCUT2D eigenvalue weighted by molar-refractivity contribution is -0.302. The van der Waals surface area contributed by atoms with Crippen molar-refractivity contribution in [3.05, 3.63) is 59.7 Å². The number of aliphatic hydroxyl groups excluding tert-OH is 4. The summed E-state index contributed by atoms with van der Waals surface area (Å²) in [7, 11) is 5.27. The van der Waals surface area contributed by atoms with Crippen LogP contribution in [0.3, 0.4) is 0 Å². The van der Waals surface area contributed by atoms with Gasteiger partial charge >= 0.3 is 18.2 Å². The first-order valence-corrected chi connectivity index (χ1v) is 39.1. The molecule has 0 unspecified atom stereocenters. The van der Waals surface area contributed by atoms with Crippen molar-refractivity contribution in [2.45, 2.75) is 243 Å². The number of hydrogen-bond donors (Lipinski definition) is 6. The number of aliphatic hydroxyl groups is 6. The molecule has 2 aromatic carbocycles. The van der Waals surface area contributed by atoms with Gasteiger partial charge in [-0.3, -0.25) is 14.6 Å². The van der Waals surface area contributed by atoms with Crippen LogP contribution in [0.1, 0.15) is 133 Å². The number of aryl methyl sites for hydroxylation is 1. The minimum Gasteiger partial charge on any atom is -0.459 e. The van der Waals surface area contributed by atoms with Crippen molar-refractivity contribution in [1.29, 1.82) is 5.26 Å². The second-order valence-corrected chi connectivity index (χ2v) is 31.6. The summed E-state index contributed by atoms with van der Waals surface area (Å²) in [4.78, 5) is 53.3. The maximum absolute atomic E-state index is 15.3. The zero-order valence-electron chi connectivity index (χ0n) is 66.8. The van der Waals surface area contributed by atoms with Crippen LogP contribution >= 0.6 is 0 Å². The quantitative estimate of drug-likeness (QED) is 0.0487. The third-order valence-electron chi connectivity index (χ3n) is 22.6. The number of rotatable bonds is 21. The van der Waals surface area contributed by atoms with Crippen LogP contribution in [0.4, 0.5) is 41.1 Å². The molecule has 4 aromatic rings. The molecule has 6 saturated heterocycles. The molecule has 11 rings (SSSR count). The predicted molar refractivity (Wildman–Crippen MR) is 401 cm³/mol.